The van der Waals surface area contributed by atoms with Crippen molar-refractivity contribution < 1.29 is 9.53 Å². The zero-order valence-corrected chi connectivity index (χ0v) is 16.8. The van der Waals surface area contributed by atoms with Gasteiger partial charge in [-0.25, -0.2) is 9.78 Å². The number of aromatic nitrogens is 3. The van der Waals surface area contributed by atoms with E-state index in [1.54, 1.807) is 12.3 Å². The maximum atomic E-state index is 11.4. The highest BCUT2D eigenvalue weighted by molar-refractivity contribution is 6.30. The third-order valence-corrected chi connectivity index (χ3v) is 4.69. The molecule has 2 aromatic heterocycles. The van der Waals surface area contributed by atoms with Gasteiger partial charge in [0.15, 0.2) is 5.82 Å². The Morgan fingerprint density at radius 1 is 1.03 bits per heavy atom. The molecule has 0 unspecified atom stereocenters. The van der Waals surface area contributed by atoms with Crippen molar-refractivity contribution in [2.75, 3.05) is 12.4 Å². The van der Waals surface area contributed by atoms with Gasteiger partial charge in [0.25, 0.3) is 0 Å². The zero-order valence-electron chi connectivity index (χ0n) is 16.1. The van der Waals surface area contributed by atoms with E-state index in [2.05, 4.69) is 25.8 Å². The lowest BCUT2D eigenvalue weighted by atomic mass is 10.0. The number of nitrogens with one attached hydrogen (secondary N) is 2. The fraction of sp³-hybridized carbons (Fsp3) is 0.0909. The van der Waals surface area contributed by atoms with Crippen LogP contribution in [0.1, 0.15) is 11.3 Å². The fourth-order valence-electron chi connectivity index (χ4n) is 3.01. The molecule has 150 valence electrons. The molecule has 0 aliphatic carbocycles. The number of amides is 1. The lowest BCUT2D eigenvalue weighted by Crippen LogP contribution is -2.22. The summed E-state index contributed by atoms with van der Waals surface area (Å²) in [6.07, 6.45) is 1.55. The molecule has 7 nitrogen and oxygen atoms in total. The molecule has 4 aromatic rings. The average molecular weight is 420 g/mol. The molecule has 0 bridgehead atoms. The lowest BCUT2D eigenvalue weighted by molar-refractivity contribution is 0.201. The largest absolute Gasteiger partial charge is 0.413 e. The molecule has 1 amide bonds. The summed E-state index contributed by atoms with van der Waals surface area (Å²) in [5.41, 5.74) is 2.59. The van der Waals surface area contributed by atoms with Crippen molar-refractivity contribution in [3.8, 4) is 5.88 Å². The van der Waals surface area contributed by atoms with Crippen LogP contribution in [0.2, 0.25) is 5.02 Å². The zero-order chi connectivity index (χ0) is 20.9. The quantitative estimate of drug-likeness (QED) is 0.486. The average Bonchev–Trinajstić information content (AvgIpc) is 2.77. The van der Waals surface area contributed by atoms with Crippen molar-refractivity contribution in [2.45, 2.75) is 6.42 Å². The number of benzene rings is 2. The van der Waals surface area contributed by atoms with Gasteiger partial charge in [-0.2, -0.15) is 5.10 Å². The fourth-order valence-corrected chi connectivity index (χ4v) is 3.13. The van der Waals surface area contributed by atoms with E-state index in [1.807, 2.05) is 54.6 Å². The van der Waals surface area contributed by atoms with Crippen molar-refractivity contribution in [1.29, 1.82) is 0 Å². The summed E-state index contributed by atoms with van der Waals surface area (Å²) in [7, 11) is 1.49. The minimum atomic E-state index is -0.567. The molecule has 0 saturated carbocycles. The number of ether oxygens (including phenoxy) is 1. The number of nitrogens with zero attached hydrogens (tertiary/aromatic N) is 3. The number of halogens is 1. The van der Waals surface area contributed by atoms with Crippen LogP contribution in [0.15, 0.2) is 66.9 Å². The van der Waals surface area contributed by atoms with Gasteiger partial charge >= 0.3 is 6.09 Å². The van der Waals surface area contributed by atoms with Gasteiger partial charge in [0.2, 0.25) is 5.88 Å². The van der Waals surface area contributed by atoms with Gasteiger partial charge in [0, 0.05) is 47.2 Å². The van der Waals surface area contributed by atoms with E-state index in [4.69, 9.17) is 16.3 Å². The van der Waals surface area contributed by atoms with Crippen LogP contribution in [0.4, 0.5) is 16.3 Å². The van der Waals surface area contributed by atoms with E-state index in [9.17, 15) is 4.79 Å². The van der Waals surface area contributed by atoms with Crippen LogP contribution >= 0.6 is 11.6 Å². The Labute approximate surface area is 178 Å². The van der Waals surface area contributed by atoms with Gasteiger partial charge in [-0.15, -0.1) is 5.10 Å². The second-order valence-corrected chi connectivity index (χ2v) is 6.93. The second-order valence-electron chi connectivity index (χ2n) is 6.49. The summed E-state index contributed by atoms with van der Waals surface area (Å²) >= 11 is 5.96. The number of pyridine rings is 1. The summed E-state index contributed by atoms with van der Waals surface area (Å²) < 4.78 is 5.11. The molecule has 0 saturated heterocycles. The standard InChI is InChI=1S/C22H18ClN5O2/c1-24-22(29)30-20-13-14(10-11-25-20)12-19-17-4-2-3-5-18(17)21(28-27-19)26-16-8-6-15(23)7-9-16/h2-11,13H,12H2,1H3,(H,24,29)(H,26,28). The molecule has 0 fully saturated rings. The van der Waals surface area contributed by atoms with E-state index in [0.29, 0.717) is 17.3 Å². The molecule has 0 radical (unpaired) electrons. The lowest BCUT2D eigenvalue weighted by Gasteiger charge is -2.11. The Bertz CT molecular complexity index is 1200. The Hall–Kier alpha value is -3.71. The first-order valence-corrected chi connectivity index (χ1v) is 9.61. The van der Waals surface area contributed by atoms with Crippen molar-refractivity contribution >= 4 is 40.0 Å². The van der Waals surface area contributed by atoms with Crippen LogP contribution in [-0.2, 0) is 6.42 Å². The predicted molar refractivity (Wildman–Crippen MR) is 116 cm³/mol. The number of anilines is 2. The summed E-state index contributed by atoms with van der Waals surface area (Å²) in [4.78, 5) is 15.5. The molecule has 0 aliphatic heterocycles. The van der Waals surface area contributed by atoms with Crippen molar-refractivity contribution in [3.63, 3.8) is 0 Å². The minimum Gasteiger partial charge on any atom is -0.391 e. The van der Waals surface area contributed by atoms with E-state index >= 15 is 0 Å². The van der Waals surface area contributed by atoms with E-state index < -0.39 is 6.09 Å². The minimum absolute atomic E-state index is 0.227. The van der Waals surface area contributed by atoms with Gasteiger partial charge in [-0.1, -0.05) is 35.9 Å². The monoisotopic (exact) mass is 419 g/mol. The molecule has 0 atom stereocenters. The van der Waals surface area contributed by atoms with E-state index in [-0.39, 0.29) is 5.88 Å². The molecule has 2 heterocycles. The molecule has 2 aromatic carbocycles. The van der Waals surface area contributed by atoms with Crippen molar-refractivity contribution in [2.24, 2.45) is 0 Å². The van der Waals surface area contributed by atoms with Crippen LogP contribution in [0, 0.1) is 0 Å². The highest BCUT2D eigenvalue weighted by Crippen LogP contribution is 2.27. The van der Waals surface area contributed by atoms with Gasteiger partial charge in [0.05, 0.1) is 5.69 Å². The van der Waals surface area contributed by atoms with Gasteiger partial charge < -0.3 is 15.4 Å². The molecule has 0 aliphatic rings. The Balaban J connectivity index is 1.64. The van der Waals surface area contributed by atoms with Crippen LogP contribution in [0.5, 0.6) is 5.88 Å². The van der Waals surface area contributed by atoms with Gasteiger partial charge in [-0.3, -0.25) is 0 Å². The van der Waals surface area contributed by atoms with E-state index in [0.717, 1.165) is 27.7 Å². The predicted octanol–water partition coefficient (Wildman–Crippen LogP) is 4.73. The summed E-state index contributed by atoms with van der Waals surface area (Å²) in [5, 5.41) is 17.1. The third-order valence-electron chi connectivity index (χ3n) is 4.44. The number of carbonyl (C=O) groups excluding carboxylic acids is 1. The first-order chi connectivity index (χ1) is 14.6. The molecule has 0 spiro atoms. The smallest absolute Gasteiger partial charge is 0.391 e. The van der Waals surface area contributed by atoms with Crippen molar-refractivity contribution in [3.05, 3.63) is 83.1 Å². The second kappa shape index (κ2) is 8.75. The highest BCUT2D eigenvalue weighted by atomic mass is 35.5. The first kappa shape index (κ1) is 19.6. The maximum Gasteiger partial charge on any atom is 0.413 e. The Kier molecular flexibility index (Phi) is 5.72. The molecule has 4 rings (SSSR count). The van der Waals surface area contributed by atoms with E-state index in [1.165, 1.54) is 7.05 Å². The topological polar surface area (TPSA) is 89.0 Å². The number of hydrogen-bond acceptors (Lipinski definition) is 6. The molecule has 30 heavy (non-hydrogen) atoms. The van der Waals surface area contributed by atoms with Crippen LogP contribution in [-0.4, -0.2) is 28.3 Å². The first-order valence-electron chi connectivity index (χ1n) is 9.24. The summed E-state index contributed by atoms with van der Waals surface area (Å²) in [6.45, 7) is 0. The number of fused-ring (bicyclic) bond motifs is 1. The number of hydrogen-bond donors (Lipinski definition) is 2. The molecular weight excluding hydrogens is 402 g/mol. The molecule has 8 heteroatoms. The number of carbonyl (C=O) groups is 1. The van der Waals surface area contributed by atoms with Crippen molar-refractivity contribution in [1.82, 2.24) is 20.5 Å². The molecular formula is C22H18ClN5O2. The van der Waals surface area contributed by atoms with Crippen LogP contribution in [0.25, 0.3) is 10.8 Å². The Morgan fingerprint density at radius 2 is 1.80 bits per heavy atom. The summed E-state index contributed by atoms with van der Waals surface area (Å²) in [5.74, 6) is 0.889. The Morgan fingerprint density at radius 3 is 2.57 bits per heavy atom. The molecule has 2 N–H and O–H groups in total. The SMILES string of the molecule is CNC(=O)Oc1cc(Cc2nnc(Nc3ccc(Cl)cc3)c3ccccc23)ccn1. The maximum absolute atomic E-state index is 11.4. The van der Waals surface area contributed by atoms with Crippen LogP contribution < -0.4 is 15.4 Å². The highest BCUT2D eigenvalue weighted by Gasteiger charge is 2.11. The third kappa shape index (κ3) is 4.47. The summed E-state index contributed by atoms with van der Waals surface area (Å²) in [6, 6.07) is 18.9. The van der Waals surface area contributed by atoms with Crippen LogP contribution in [0.3, 0.4) is 0 Å². The van der Waals surface area contributed by atoms with Gasteiger partial charge in [-0.05, 0) is 35.9 Å². The number of rotatable bonds is 5. The normalized spacial score (nSPS) is 10.6. The van der Waals surface area contributed by atoms with Gasteiger partial charge in [0.1, 0.15) is 0 Å².